The summed E-state index contributed by atoms with van der Waals surface area (Å²) in [5.41, 5.74) is 0. The molecule has 0 aliphatic carbocycles. The molecule has 96 valence electrons. The highest BCUT2D eigenvalue weighted by atomic mass is 35.5. The number of piperidine rings is 1. The van der Waals surface area contributed by atoms with E-state index in [0.29, 0.717) is 12.1 Å². The minimum absolute atomic E-state index is 0. The van der Waals surface area contributed by atoms with Gasteiger partial charge in [-0.05, 0) is 32.6 Å². The molecule has 2 heterocycles. The van der Waals surface area contributed by atoms with Crippen molar-refractivity contribution in [3.8, 4) is 0 Å². The molecule has 6 heteroatoms. The first-order valence-electron chi connectivity index (χ1n) is 5.74. The summed E-state index contributed by atoms with van der Waals surface area (Å²) in [5, 5.41) is 3.52. The second-order valence-electron chi connectivity index (χ2n) is 4.68. The summed E-state index contributed by atoms with van der Waals surface area (Å²) in [7, 11) is -1.28. The maximum Gasteiger partial charge on any atom is 0.213 e. The molecule has 0 amide bonds. The van der Waals surface area contributed by atoms with Crippen molar-refractivity contribution in [3.05, 3.63) is 0 Å². The lowest BCUT2D eigenvalue weighted by molar-refractivity contribution is 0.251. The van der Waals surface area contributed by atoms with Gasteiger partial charge >= 0.3 is 0 Å². The van der Waals surface area contributed by atoms with Crippen LogP contribution in [-0.2, 0) is 10.0 Å². The van der Waals surface area contributed by atoms with E-state index in [1.54, 1.807) is 18.3 Å². The molecule has 2 aliphatic rings. The van der Waals surface area contributed by atoms with Crippen molar-refractivity contribution >= 4 is 22.4 Å². The van der Waals surface area contributed by atoms with Crippen LogP contribution in [0.5, 0.6) is 0 Å². The van der Waals surface area contributed by atoms with Crippen molar-refractivity contribution in [1.29, 1.82) is 0 Å². The van der Waals surface area contributed by atoms with E-state index in [1.165, 1.54) is 12.8 Å². The number of rotatable bonds is 3. The van der Waals surface area contributed by atoms with Crippen LogP contribution in [0.2, 0.25) is 0 Å². The third-order valence-corrected chi connectivity index (χ3v) is 5.67. The highest BCUT2D eigenvalue weighted by Crippen LogP contribution is 2.30. The molecule has 2 atom stereocenters. The highest BCUT2D eigenvalue weighted by molar-refractivity contribution is 7.89. The van der Waals surface area contributed by atoms with Crippen molar-refractivity contribution in [3.63, 3.8) is 0 Å². The average Bonchev–Trinajstić information content (AvgIpc) is 2.56. The number of fused-ring (bicyclic) bond motifs is 2. The number of nitrogens with zero attached hydrogens (tertiary/aromatic N) is 1. The zero-order chi connectivity index (χ0) is 11.1. The molecule has 0 aromatic heterocycles. The molecule has 16 heavy (non-hydrogen) atoms. The summed E-state index contributed by atoms with van der Waals surface area (Å²) in [6, 6.07) is 1.31. The zero-order valence-corrected chi connectivity index (χ0v) is 11.5. The van der Waals surface area contributed by atoms with E-state index in [-0.39, 0.29) is 24.2 Å². The zero-order valence-electron chi connectivity index (χ0n) is 9.85. The van der Waals surface area contributed by atoms with Crippen LogP contribution < -0.4 is 5.32 Å². The van der Waals surface area contributed by atoms with Gasteiger partial charge in [-0.2, -0.15) is 0 Å². The number of sulfonamides is 1. The Kier molecular flexibility index (Phi) is 4.63. The number of hydrogen-bond donors (Lipinski definition) is 1. The standard InChI is InChI=1S/C10H20N2O2S.ClH/c1-3-15(13,14)12(2)10-6-8-4-5-9(7-10)11-8;/h8-11H,3-7H2,1-2H3;1H. The van der Waals surface area contributed by atoms with Gasteiger partial charge in [0.25, 0.3) is 0 Å². The molecule has 0 saturated carbocycles. The van der Waals surface area contributed by atoms with Crippen LogP contribution in [-0.4, -0.2) is 43.6 Å². The Morgan fingerprint density at radius 2 is 1.75 bits per heavy atom. The van der Waals surface area contributed by atoms with Crippen LogP contribution in [0.15, 0.2) is 0 Å². The number of nitrogens with one attached hydrogen (secondary N) is 1. The normalized spacial score (nSPS) is 33.8. The van der Waals surface area contributed by atoms with E-state index in [4.69, 9.17) is 0 Å². The van der Waals surface area contributed by atoms with Gasteiger partial charge in [-0.1, -0.05) is 0 Å². The molecule has 0 aromatic carbocycles. The van der Waals surface area contributed by atoms with Crippen molar-refractivity contribution in [2.45, 2.75) is 50.7 Å². The van der Waals surface area contributed by atoms with Crippen LogP contribution in [0.1, 0.15) is 32.6 Å². The Morgan fingerprint density at radius 1 is 1.25 bits per heavy atom. The lowest BCUT2D eigenvalue weighted by Crippen LogP contribution is -2.49. The Hall–Kier alpha value is 0.160. The van der Waals surface area contributed by atoms with Crippen LogP contribution >= 0.6 is 12.4 Å². The Balaban J connectivity index is 0.00000128. The molecule has 0 spiro atoms. The highest BCUT2D eigenvalue weighted by Gasteiger charge is 2.37. The first-order valence-corrected chi connectivity index (χ1v) is 7.35. The minimum Gasteiger partial charge on any atom is -0.311 e. The van der Waals surface area contributed by atoms with E-state index in [9.17, 15) is 8.42 Å². The van der Waals surface area contributed by atoms with Gasteiger partial charge in [0.05, 0.1) is 5.75 Å². The molecule has 2 rings (SSSR count). The van der Waals surface area contributed by atoms with E-state index < -0.39 is 10.0 Å². The van der Waals surface area contributed by atoms with Gasteiger partial charge in [-0.3, -0.25) is 0 Å². The second-order valence-corrected chi connectivity index (χ2v) is 7.00. The van der Waals surface area contributed by atoms with Crippen molar-refractivity contribution in [1.82, 2.24) is 9.62 Å². The van der Waals surface area contributed by atoms with Crippen LogP contribution in [0, 0.1) is 0 Å². The fourth-order valence-electron chi connectivity index (χ4n) is 2.75. The smallest absolute Gasteiger partial charge is 0.213 e. The summed E-state index contributed by atoms with van der Waals surface area (Å²) < 4.78 is 25.1. The van der Waals surface area contributed by atoms with Crippen LogP contribution in [0.4, 0.5) is 0 Å². The second kappa shape index (κ2) is 5.21. The van der Waals surface area contributed by atoms with Gasteiger partial charge in [0.1, 0.15) is 0 Å². The fourth-order valence-corrected chi connectivity index (χ4v) is 3.79. The molecule has 2 fully saturated rings. The molecule has 4 nitrogen and oxygen atoms in total. The van der Waals surface area contributed by atoms with E-state index >= 15 is 0 Å². The molecule has 2 bridgehead atoms. The predicted octanol–water partition coefficient (Wildman–Crippen LogP) is 0.973. The molecular formula is C10H21ClN2O2S. The van der Waals surface area contributed by atoms with Gasteiger partial charge < -0.3 is 5.32 Å². The van der Waals surface area contributed by atoms with Gasteiger partial charge in [0.15, 0.2) is 0 Å². The van der Waals surface area contributed by atoms with Gasteiger partial charge in [-0.15, -0.1) is 12.4 Å². The molecular weight excluding hydrogens is 248 g/mol. The van der Waals surface area contributed by atoms with Gasteiger partial charge in [0.2, 0.25) is 10.0 Å². The topological polar surface area (TPSA) is 49.4 Å². The maximum absolute atomic E-state index is 11.7. The van der Waals surface area contributed by atoms with E-state index in [2.05, 4.69) is 5.32 Å². The van der Waals surface area contributed by atoms with Gasteiger partial charge in [0, 0.05) is 25.2 Å². The lowest BCUT2D eigenvalue weighted by atomic mass is 10.0. The Morgan fingerprint density at radius 3 is 2.19 bits per heavy atom. The summed E-state index contributed by atoms with van der Waals surface area (Å²) >= 11 is 0. The van der Waals surface area contributed by atoms with E-state index in [0.717, 1.165) is 12.8 Å². The Bertz CT molecular complexity index is 322. The van der Waals surface area contributed by atoms with Crippen molar-refractivity contribution in [2.75, 3.05) is 12.8 Å². The first kappa shape index (κ1) is 14.2. The SMILES string of the molecule is CCS(=O)(=O)N(C)C1CC2CCC(C1)N2.Cl. The first-order chi connectivity index (χ1) is 7.03. The third-order valence-electron chi connectivity index (χ3n) is 3.77. The summed E-state index contributed by atoms with van der Waals surface area (Å²) in [5.74, 6) is 0.211. The average molecular weight is 269 g/mol. The van der Waals surface area contributed by atoms with Crippen molar-refractivity contribution in [2.24, 2.45) is 0 Å². The number of hydrogen-bond acceptors (Lipinski definition) is 3. The number of halogens is 1. The maximum atomic E-state index is 11.7. The van der Waals surface area contributed by atoms with E-state index in [1.807, 2.05) is 0 Å². The van der Waals surface area contributed by atoms with Crippen molar-refractivity contribution < 1.29 is 8.42 Å². The van der Waals surface area contributed by atoms with Crippen LogP contribution in [0.25, 0.3) is 0 Å². The monoisotopic (exact) mass is 268 g/mol. The third kappa shape index (κ3) is 2.70. The van der Waals surface area contributed by atoms with Crippen LogP contribution in [0.3, 0.4) is 0 Å². The quantitative estimate of drug-likeness (QED) is 0.830. The van der Waals surface area contributed by atoms with Gasteiger partial charge in [-0.25, -0.2) is 12.7 Å². The summed E-state index contributed by atoms with van der Waals surface area (Å²) in [6.07, 6.45) is 4.38. The predicted molar refractivity (Wildman–Crippen MR) is 67.4 cm³/mol. The summed E-state index contributed by atoms with van der Waals surface area (Å²) in [6.45, 7) is 1.71. The molecule has 1 N–H and O–H groups in total. The molecule has 2 aliphatic heterocycles. The fraction of sp³-hybridized carbons (Fsp3) is 1.00. The lowest BCUT2D eigenvalue weighted by Gasteiger charge is -2.34. The largest absolute Gasteiger partial charge is 0.311 e. The Labute approximate surface area is 104 Å². The molecule has 0 radical (unpaired) electrons. The summed E-state index contributed by atoms with van der Waals surface area (Å²) in [4.78, 5) is 0. The molecule has 2 saturated heterocycles. The molecule has 0 aromatic rings. The minimum atomic E-state index is -3.01. The molecule has 2 unspecified atom stereocenters.